The van der Waals surface area contributed by atoms with Gasteiger partial charge in [-0.05, 0) is 50.5 Å². The van der Waals surface area contributed by atoms with Gasteiger partial charge in [-0.2, -0.15) is 0 Å². The summed E-state index contributed by atoms with van der Waals surface area (Å²) in [6, 6.07) is 17.8. The molecular weight excluding hydrogens is 462 g/mol. The van der Waals surface area contributed by atoms with E-state index in [1.54, 1.807) is 20.8 Å². The van der Waals surface area contributed by atoms with Gasteiger partial charge in [0.1, 0.15) is 18.0 Å². The lowest BCUT2D eigenvalue weighted by molar-refractivity contribution is -0.163. The Morgan fingerprint density at radius 3 is 2.42 bits per heavy atom. The molecule has 0 radical (unpaired) electrons. The summed E-state index contributed by atoms with van der Waals surface area (Å²) in [5.41, 5.74) is 1.56. The van der Waals surface area contributed by atoms with Gasteiger partial charge in [0.05, 0.1) is 32.5 Å². The minimum absolute atomic E-state index is 0.0385. The molecule has 0 spiro atoms. The van der Waals surface area contributed by atoms with Gasteiger partial charge in [0, 0.05) is 18.9 Å². The number of carboxylic acid groups (broad SMARTS) is 1. The minimum Gasteiger partial charge on any atom is -0.494 e. The van der Waals surface area contributed by atoms with Gasteiger partial charge in [-0.15, -0.1) is 0 Å². The molecule has 1 heterocycles. The topological polar surface area (TPSA) is 94.5 Å². The Hall–Kier alpha value is -3.10. The molecule has 2 aromatic rings. The Balaban J connectivity index is 1.48. The third kappa shape index (κ3) is 9.17. The zero-order valence-electron chi connectivity index (χ0n) is 21.4. The van der Waals surface area contributed by atoms with Gasteiger partial charge in [0.25, 0.3) is 0 Å². The Bertz CT molecular complexity index is 956. The van der Waals surface area contributed by atoms with Gasteiger partial charge in [0.2, 0.25) is 0 Å². The number of hydrogen-bond donors (Lipinski definition) is 1. The van der Waals surface area contributed by atoms with Gasteiger partial charge in [0.15, 0.2) is 0 Å². The van der Waals surface area contributed by atoms with E-state index in [9.17, 15) is 14.7 Å². The van der Waals surface area contributed by atoms with Crippen LogP contribution in [0.15, 0.2) is 54.6 Å². The molecule has 8 heteroatoms. The fraction of sp³-hybridized carbons (Fsp3) is 0.500. The highest BCUT2D eigenvalue weighted by Crippen LogP contribution is 2.32. The molecule has 0 bridgehead atoms. The van der Waals surface area contributed by atoms with Gasteiger partial charge in [-0.3, -0.25) is 0 Å². The monoisotopic (exact) mass is 499 g/mol. The van der Waals surface area contributed by atoms with Crippen molar-refractivity contribution in [2.75, 3.05) is 32.9 Å². The predicted octanol–water partition coefficient (Wildman–Crippen LogP) is 4.87. The Morgan fingerprint density at radius 1 is 1.03 bits per heavy atom. The minimum atomic E-state index is -0.990. The average molecular weight is 500 g/mol. The molecule has 8 nitrogen and oxygen atoms in total. The highest BCUT2D eigenvalue weighted by molar-refractivity contribution is 5.71. The van der Waals surface area contributed by atoms with Gasteiger partial charge < -0.3 is 29.0 Å². The molecule has 0 saturated carbocycles. The van der Waals surface area contributed by atoms with Crippen LogP contribution in [0.2, 0.25) is 0 Å². The maximum Gasteiger partial charge on any atom is 0.407 e. The molecule has 1 amide bonds. The number of benzene rings is 2. The maximum atomic E-state index is 12.1. The lowest BCUT2D eigenvalue weighted by atomic mass is 9.87. The molecule has 196 valence electrons. The van der Waals surface area contributed by atoms with E-state index >= 15 is 0 Å². The van der Waals surface area contributed by atoms with E-state index in [0.717, 1.165) is 23.3 Å². The van der Waals surface area contributed by atoms with Crippen LogP contribution in [0, 0.1) is 0 Å². The second-order valence-corrected chi connectivity index (χ2v) is 9.87. The number of esters is 1. The molecule has 3 rings (SSSR count). The van der Waals surface area contributed by atoms with Crippen LogP contribution >= 0.6 is 0 Å². The molecule has 1 saturated heterocycles. The summed E-state index contributed by atoms with van der Waals surface area (Å²) < 4.78 is 22.7. The van der Waals surface area contributed by atoms with E-state index < -0.39 is 23.8 Å². The van der Waals surface area contributed by atoms with E-state index in [1.807, 2.05) is 54.6 Å². The lowest BCUT2D eigenvalue weighted by Gasteiger charge is -2.37. The smallest absolute Gasteiger partial charge is 0.407 e. The van der Waals surface area contributed by atoms with Crippen molar-refractivity contribution in [1.82, 2.24) is 4.90 Å². The summed E-state index contributed by atoms with van der Waals surface area (Å²) >= 11 is 0. The van der Waals surface area contributed by atoms with Crippen LogP contribution in [0.4, 0.5) is 4.79 Å². The first-order valence-corrected chi connectivity index (χ1v) is 12.4. The van der Waals surface area contributed by atoms with Crippen molar-refractivity contribution in [3.05, 3.63) is 65.7 Å². The van der Waals surface area contributed by atoms with E-state index in [4.69, 9.17) is 18.9 Å². The lowest BCUT2D eigenvalue weighted by Crippen LogP contribution is -2.47. The number of hydrogen-bond acceptors (Lipinski definition) is 6. The van der Waals surface area contributed by atoms with Crippen LogP contribution in [0.25, 0.3) is 0 Å². The molecule has 1 aliphatic rings. The zero-order valence-corrected chi connectivity index (χ0v) is 21.4. The van der Waals surface area contributed by atoms with Crippen molar-refractivity contribution in [1.29, 1.82) is 0 Å². The maximum absolute atomic E-state index is 12.1. The van der Waals surface area contributed by atoms with E-state index in [-0.39, 0.29) is 19.1 Å². The number of rotatable bonds is 11. The average Bonchev–Trinajstić information content (AvgIpc) is 2.84. The first-order chi connectivity index (χ1) is 17.2. The summed E-state index contributed by atoms with van der Waals surface area (Å²) in [5.74, 6) is 0.254. The second-order valence-electron chi connectivity index (χ2n) is 9.87. The Labute approximate surface area is 213 Å². The van der Waals surface area contributed by atoms with E-state index in [2.05, 4.69) is 0 Å². The highest BCUT2D eigenvalue weighted by Gasteiger charge is 2.34. The largest absolute Gasteiger partial charge is 0.494 e. The fourth-order valence-corrected chi connectivity index (χ4v) is 4.11. The van der Waals surface area contributed by atoms with Gasteiger partial charge in [-0.1, -0.05) is 42.5 Å². The Morgan fingerprint density at radius 2 is 1.75 bits per heavy atom. The zero-order chi connectivity index (χ0) is 26.0. The number of carbonyl (C=O) groups excluding carboxylic acids is 1. The van der Waals surface area contributed by atoms with Crippen molar-refractivity contribution in [3.63, 3.8) is 0 Å². The number of amides is 1. The molecule has 2 atom stereocenters. The molecule has 36 heavy (non-hydrogen) atoms. The van der Waals surface area contributed by atoms with Gasteiger partial charge >= 0.3 is 12.1 Å². The van der Waals surface area contributed by atoms with Crippen LogP contribution in [0.1, 0.15) is 50.7 Å². The normalized spacial score (nSPS) is 18.0. The number of piperidine rings is 1. The van der Waals surface area contributed by atoms with Gasteiger partial charge in [-0.25, -0.2) is 9.59 Å². The van der Waals surface area contributed by atoms with Crippen molar-refractivity contribution in [2.45, 2.75) is 57.8 Å². The van der Waals surface area contributed by atoms with Crippen molar-refractivity contribution in [2.24, 2.45) is 0 Å². The Kier molecular flexibility index (Phi) is 10.1. The van der Waals surface area contributed by atoms with E-state index in [1.165, 1.54) is 4.90 Å². The summed E-state index contributed by atoms with van der Waals surface area (Å²) in [7, 11) is 0. The van der Waals surface area contributed by atoms with Crippen molar-refractivity contribution < 1.29 is 33.6 Å². The van der Waals surface area contributed by atoms with Crippen LogP contribution in [0.3, 0.4) is 0 Å². The molecule has 2 aromatic carbocycles. The van der Waals surface area contributed by atoms with Crippen molar-refractivity contribution in [3.8, 4) is 5.75 Å². The highest BCUT2D eigenvalue weighted by atomic mass is 16.6. The van der Waals surface area contributed by atoms with Crippen molar-refractivity contribution >= 4 is 12.1 Å². The molecule has 1 N–H and O–H groups in total. The standard InChI is InChI=1S/C28H37NO7/c1-28(2,3)36-26(30)20-35-25-18-29(27(31)32)15-14-24(25)22-10-12-23(13-11-22)34-17-7-16-33-19-21-8-5-4-6-9-21/h4-6,8-13,24-25H,7,14-20H2,1-3H3,(H,31,32). The van der Waals surface area contributed by atoms with Crippen LogP contribution in [-0.2, 0) is 25.6 Å². The third-order valence-electron chi connectivity index (χ3n) is 5.79. The number of ether oxygens (including phenoxy) is 4. The summed E-state index contributed by atoms with van der Waals surface area (Å²) in [4.78, 5) is 25.0. The number of likely N-dealkylation sites (tertiary alicyclic amines) is 1. The fourth-order valence-electron chi connectivity index (χ4n) is 4.11. The molecule has 1 fully saturated rings. The number of carbonyl (C=O) groups is 2. The van der Waals surface area contributed by atoms with Crippen LogP contribution in [0.5, 0.6) is 5.75 Å². The molecule has 2 unspecified atom stereocenters. The third-order valence-corrected chi connectivity index (χ3v) is 5.79. The second kappa shape index (κ2) is 13.3. The molecule has 1 aliphatic heterocycles. The molecule has 0 aliphatic carbocycles. The molecular formula is C28H37NO7. The first kappa shape index (κ1) is 27.5. The molecule has 0 aromatic heterocycles. The quantitative estimate of drug-likeness (QED) is 0.348. The first-order valence-electron chi connectivity index (χ1n) is 12.4. The summed E-state index contributed by atoms with van der Waals surface area (Å²) in [6.07, 6.45) is -0.0562. The number of nitrogens with zero attached hydrogens (tertiary/aromatic N) is 1. The van der Waals surface area contributed by atoms with Crippen LogP contribution < -0.4 is 4.74 Å². The summed E-state index contributed by atoms with van der Waals surface area (Å²) in [5, 5.41) is 9.43. The van der Waals surface area contributed by atoms with E-state index in [0.29, 0.717) is 32.8 Å². The van der Waals surface area contributed by atoms with Crippen LogP contribution in [-0.4, -0.2) is 66.7 Å². The SMILES string of the molecule is CC(C)(C)OC(=O)COC1CN(C(=O)O)CCC1c1ccc(OCCCOCc2ccccc2)cc1. The predicted molar refractivity (Wildman–Crippen MR) is 135 cm³/mol. The summed E-state index contributed by atoms with van der Waals surface area (Å²) in [6.45, 7) is 7.52.